The first kappa shape index (κ1) is 26.0. The van der Waals surface area contributed by atoms with Gasteiger partial charge in [-0.3, -0.25) is 0 Å². The summed E-state index contributed by atoms with van der Waals surface area (Å²) in [7, 11) is 2.52. The number of urea groups is 1. The summed E-state index contributed by atoms with van der Waals surface area (Å²) in [6, 6.07) is -0.286. The lowest BCUT2D eigenvalue weighted by atomic mass is 10.1. The molecule has 0 atom stereocenters. The van der Waals surface area contributed by atoms with Gasteiger partial charge in [-0.15, -0.1) is 0 Å². The first-order valence-electron chi connectivity index (χ1n) is 9.22. The van der Waals surface area contributed by atoms with Gasteiger partial charge in [0.1, 0.15) is 6.26 Å². The van der Waals surface area contributed by atoms with Gasteiger partial charge >= 0.3 is 24.4 Å². The zero-order valence-corrected chi connectivity index (χ0v) is 17.3. The topological polar surface area (TPSA) is 93.9 Å². The number of oxazole rings is 1. The maximum absolute atomic E-state index is 13.1. The van der Waals surface area contributed by atoms with E-state index in [2.05, 4.69) is 9.72 Å². The molecule has 182 valence electrons. The Morgan fingerprint density at radius 2 is 1.67 bits per heavy atom. The van der Waals surface area contributed by atoms with E-state index in [1.165, 1.54) is 7.11 Å². The van der Waals surface area contributed by atoms with E-state index in [0.717, 1.165) is 18.3 Å². The molecule has 1 N–H and O–H groups in total. The SMILES string of the molecule is COCCCN(Cc1nc(C(=O)OC)co1)C(=O)Nc1cc(C(F)(F)F)cc(C(F)(F)F)c1. The van der Waals surface area contributed by atoms with E-state index in [1.807, 2.05) is 5.32 Å². The largest absolute Gasteiger partial charge is 0.464 e. The van der Waals surface area contributed by atoms with Crippen LogP contribution in [0.4, 0.5) is 36.8 Å². The highest BCUT2D eigenvalue weighted by Crippen LogP contribution is 2.37. The van der Waals surface area contributed by atoms with Crippen molar-refractivity contribution in [3.05, 3.63) is 47.2 Å². The van der Waals surface area contributed by atoms with Gasteiger partial charge in [0.05, 0.1) is 24.8 Å². The van der Waals surface area contributed by atoms with Gasteiger partial charge in [0, 0.05) is 25.9 Å². The third kappa shape index (κ3) is 7.37. The highest BCUT2D eigenvalue weighted by molar-refractivity contribution is 5.89. The number of hydrogen-bond acceptors (Lipinski definition) is 6. The number of carbonyl (C=O) groups excluding carboxylic acids is 2. The normalized spacial score (nSPS) is 11.9. The lowest BCUT2D eigenvalue weighted by molar-refractivity contribution is -0.143. The Morgan fingerprint density at radius 1 is 1.06 bits per heavy atom. The van der Waals surface area contributed by atoms with E-state index < -0.39 is 41.2 Å². The molecule has 2 aromatic rings. The van der Waals surface area contributed by atoms with Crippen molar-refractivity contribution in [2.45, 2.75) is 25.3 Å². The third-order valence-electron chi connectivity index (χ3n) is 4.18. The Bertz CT molecular complexity index is 941. The number of alkyl halides is 6. The van der Waals surface area contributed by atoms with Crippen LogP contribution in [0.3, 0.4) is 0 Å². The highest BCUT2D eigenvalue weighted by atomic mass is 19.4. The fourth-order valence-corrected chi connectivity index (χ4v) is 2.63. The summed E-state index contributed by atoms with van der Waals surface area (Å²) in [6.07, 6.45) is -8.87. The second-order valence-electron chi connectivity index (χ2n) is 6.61. The van der Waals surface area contributed by atoms with E-state index in [0.29, 0.717) is 12.1 Å². The molecule has 33 heavy (non-hydrogen) atoms. The third-order valence-corrected chi connectivity index (χ3v) is 4.18. The van der Waals surface area contributed by atoms with Crippen LogP contribution in [0.1, 0.15) is 33.9 Å². The Labute approximate surface area is 183 Å². The monoisotopic (exact) mass is 483 g/mol. The minimum atomic E-state index is -5.07. The maximum atomic E-state index is 13.1. The van der Waals surface area contributed by atoms with Crippen LogP contribution in [0.2, 0.25) is 0 Å². The number of ether oxygens (including phenoxy) is 2. The molecule has 1 aromatic heterocycles. The molecule has 1 heterocycles. The predicted octanol–water partition coefficient (Wildman–Crippen LogP) is 4.57. The molecular weight excluding hydrogens is 464 g/mol. The number of anilines is 1. The number of aromatic nitrogens is 1. The number of esters is 1. The van der Waals surface area contributed by atoms with E-state index in [1.54, 1.807) is 0 Å². The van der Waals surface area contributed by atoms with Crippen LogP contribution in [0.5, 0.6) is 0 Å². The molecule has 0 unspecified atom stereocenters. The molecule has 0 aliphatic carbocycles. The van der Waals surface area contributed by atoms with Gasteiger partial charge in [-0.25, -0.2) is 14.6 Å². The lowest BCUT2D eigenvalue weighted by Crippen LogP contribution is -2.36. The zero-order valence-electron chi connectivity index (χ0n) is 17.3. The van der Waals surface area contributed by atoms with Gasteiger partial charge in [-0.2, -0.15) is 26.3 Å². The number of nitrogens with one attached hydrogen (secondary N) is 1. The molecule has 0 aliphatic heterocycles. The molecule has 0 radical (unpaired) electrons. The van der Waals surface area contributed by atoms with Gasteiger partial charge in [-0.1, -0.05) is 0 Å². The van der Waals surface area contributed by atoms with Crippen molar-refractivity contribution < 1.29 is 49.8 Å². The average molecular weight is 483 g/mol. The number of methoxy groups -OCH3 is 2. The average Bonchev–Trinajstić information content (AvgIpc) is 3.19. The minimum absolute atomic E-state index is 0.0132. The molecule has 1 aromatic carbocycles. The number of benzene rings is 1. The number of carbonyl (C=O) groups is 2. The standard InChI is InChI=1S/C19H19F6N3O5/c1-31-5-3-4-28(9-15-27-14(10-33-15)16(29)32-2)17(30)26-13-7-11(18(20,21)22)6-12(8-13)19(23,24)25/h6-8,10H,3-5,9H2,1-2H3,(H,26,30). The van der Waals surface area contributed by atoms with E-state index in [4.69, 9.17) is 9.15 Å². The maximum Gasteiger partial charge on any atom is 0.416 e. The van der Waals surface area contributed by atoms with E-state index in [9.17, 15) is 35.9 Å². The molecule has 8 nitrogen and oxygen atoms in total. The van der Waals surface area contributed by atoms with Crippen molar-refractivity contribution in [1.29, 1.82) is 0 Å². The second-order valence-corrected chi connectivity index (χ2v) is 6.61. The smallest absolute Gasteiger partial charge is 0.416 e. The molecule has 2 rings (SSSR count). The summed E-state index contributed by atoms with van der Waals surface area (Å²) in [6.45, 7) is -0.136. The second kappa shape index (κ2) is 10.6. The van der Waals surface area contributed by atoms with Gasteiger partial charge in [-0.05, 0) is 24.6 Å². The van der Waals surface area contributed by atoms with Crippen molar-refractivity contribution in [3.8, 4) is 0 Å². The molecule has 0 saturated heterocycles. The fraction of sp³-hybridized carbons (Fsp3) is 0.421. The van der Waals surface area contributed by atoms with Crippen LogP contribution < -0.4 is 5.32 Å². The number of halogens is 6. The molecule has 0 bridgehead atoms. The van der Waals surface area contributed by atoms with Gasteiger partial charge in [0.25, 0.3) is 0 Å². The van der Waals surface area contributed by atoms with Gasteiger partial charge in [0.2, 0.25) is 5.89 Å². The zero-order chi connectivity index (χ0) is 24.8. The molecule has 0 fully saturated rings. The molecule has 14 heteroatoms. The fourth-order valence-electron chi connectivity index (χ4n) is 2.63. The minimum Gasteiger partial charge on any atom is -0.464 e. The predicted molar refractivity (Wildman–Crippen MR) is 100 cm³/mol. The summed E-state index contributed by atoms with van der Waals surface area (Å²) in [5.41, 5.74) is -4.04. The number of hydrogen-bond donors (Lipinski definition) is 1. The van der Waals surface area contributed by atoms with Crippen molar-refractivity contribution in [2.75, 3.05) is 32.7 Å². The van der Waals surface area contributed by atoms with Crippen molar-refractivity contribution in [2.24, 2.45) is 0 Å². The summed E-state index contributed by atoms with van der Waals surface area (Å²) in [5.74, 6) is -0.910. The van der Waals surface area contributed by atoms with E-state index >= 15 is 0 Å². The Kier molecular flexibility index (Phi) is 8.30. The number of amides is 2. The summed E-state index contributed by atoms with van der Waals surface area (Å²) in [5, 5.41) is 2.04. The van der Waals surface area contributed by atoms with Crippen molar-refractivity contribution >= 4 is 17.7 Å². The van der Waals surface area contributed by atoms with Gasteiger partial charge < -0.3 is 24.1 Å². The first-order valence-corrected chi connectivity index (χ1v) is 9.22. The molecule has 2 amide bonds. The molecule has 0 saturated carbocycles. The Balaban J connectivity index is 2.29. The molecular formula is C19H19F6N3O5. The van der Waals surface area contributed by atoms with Crippen molar-refractivity contribution in [1.82, 2.24) is 9.88 Å². The van der Waals surface area contributed by atoms with Crippen molar-refractivity contribution in [3.63, 3.8) is 0 Å². The molecule has 0 aliphatic rings. The summed E-state index contributed by atoms with van der Waals surface area (Å²) in [4.78, 5) is 29.0. The quantitative estimate of drug-likeness (QED) is 0.336. The lowest BCUT2D eigenvalue weighted by Gasteiger charge is -2.22. The van der Waals surface area contributed by atoms with Crippen LogP contribution >= 0.6 is 0 Å². The highest BCUT2D eigenvalue weighted by Gasteiger charge is 2.37. The van der Waals surface area contributed by atoms with E-state index in [-0.39, 0.29) is 43.8 Å². The number of rotatable bonds is 8. The summed E-state index contributed by atoms with van der Waals surface area (Å²) >= 11 is 0. The van der Waals surface area contributed by atoms with Crippen LogP contribution in [-0.4, -0.2) is 49.3 Å². The Morgan fingerprint density at radius 3 is 2.18 bits per heavy atom. The van der Waals surface area contributed by atoms with Gasteiger partial charge in [0.15, 0.2) is 5.69 Å². The molecule has 0 spiro atoms. The van der Waals surface area contributed by atoms with Crippen LogP contribution in [0.15, 0.2) is 28.9 Å². The Hall–Kier alpha value is -3.29. The first-order chi connectivity index (χ1) is 15.3. The summed E-state index contributed by atoms with van der Waals surface area (Å²) < 4.78 is 92.8. The van der Waals surface area contributed by atoms with Crippen LogP contribution in [-0.2, 0) is 28.4 Å². The van der Waals surface area contributed by atoms with Crippen LogP contribution in [0.25, 0.3) is 0 Å². The number of nitrogens with zero attached hydrogens (tertiary/aromatic N) is 2. The van der Waals surface area contributed by atoms with Crippen LogP contribution in [0, 0.1) is 0 Å².